The van der Waals surface area contributed by atoms with Crippen molar-refractivity contribution in [1.82, 2.24) is 9.80 Å². The monoisotopic (exact) mass is 315 g/mol. The van der Waals surface area contributed by atoms with Gasteiger partial charge in [-0.3, -0.25) is 4.79 Å². The minimum absolute atomic E-state index is 0.0114. The molecule has 1 fully saturated rings. The molecule has 1 N–H and O–H groups in total. The largest absolute Gasteiger partial charge is 0.325 e. The summed E-state index contributed by atoms with van der Waals surface area (Å²) in [5, 5.41) is 2.92. The summed E-state index contributed by atoms with van der Waals surface area (Å²) in [6, 6.07) is 6.11. The van der Waals surface area contributed by atoms with E-state index in [0.29, 0.717) is 12.5 Å². The number of likely N-dealkylation sites (tertiary alicyclic amines) is 1. The molecule has 0 atom stereocenters. The second-order valence-corrected chi connectivity index (χ2v) is 6.81. The number of hydrogen-bond acceptors (Lipinski definition) is 2. The number of hydrogen-bond donors (Lipinski definition) is 1. The van der Waals surface area contributed by atoms with E-state index in [-0.39, 0.29) is 18.5 Å². The van der Waals surface area contributed by atoms with E-state index in [1.54, 1.807) is 4.90 Å². The summed E-state index contributed by atoms with van der Waals surface area (Å²) in [6.45, 7) is 6.51. The smallest absolute Gasteiger partial charge is 0.320 e. The number of amides is 3. The van der Waals surface area contributed by atoms with Crippen molar-refractivity contribution in [2.75, 3.05) is 25.0 Å². The maximum atomic E-state index is 12.8. The van der Waals surface area contributed by atoms with E-state index >= 15 is 0 Å². The molecule has 124 valence electrons. The van der Waals surface area contributed by atoms with Gasteiger partial charge in [0.1, 0.15) is 6.54 Å². The molecule has 0 saturated carbocycles. The first-order valence-corrected chi connectivity index (χ1v) is 8.51. The van der Waals surface area contributed by atoms with E-state index in [4.69, 9.17) is 0 Å². The molecule has 23 heavy (non-hydrogen) atoms. The van der Waals surface area contributed by atoms with Gasteiger partial charge in [0.25, 0.3) is 0 Å². The highest BCUT2D eigenvalue weighted by Gasteiger charge is 2.27. The first-order valence-electron chi connectivity index (χ1n) is 8.51. The Bertz CT molecular complexity index is 606. The number of carbonyl (C=O) groups excluding carboxylic acids is 2. The fourth-order valence-electron chi connectivity index (χ4n) is 3.27. The number of piperidine rings is 1. The van der Waals surface area contributed by atoms with Crippen molar-refractivity contribution in [3.05, 3.63) is 29.3 Å². The van der Waals surface area contributed by atoms with Gasteiger partial charge in [0, 0.05) is 18.8 Å². The fraction of sp³-hybridized carbons (Fsp3) is 0.556. The number of anilines is 1. The second kappa shape index (κ2) is 6.60. The number of nitrogens with one attached hydrogen (secondary N) is 1. The molecule has 5 heteroatoms. The normalized spacial score (nSPS) is 18.5. The van der Waals surface area contributed by atoms with Crippen LogP contribution in [-0.2, 0) is 11.3 Å². The van der Waals surface area contributed by atoms with Crippen LogP contribution in [0.1, 0.15) is 50.2 Å². The number of urea groups is 1. The van der Waals surface area contributed by atoms with Crippen molar-refractivity contribution >= 4 is 17.6 Å². The molecule has 0 unspecified atom stereocenters. The van der Waals surface area contributed by atoms with Gasteiger partial charge in [-0.1, -0.05) is 26.0 Å². The molecule has 3 rings (SSSR count). The van der Waals surface area contributed by atoms with Crippen LogP contribution in [0.15, 0.2) is 18.2 Å². The lowest BCUT2D eigenvalue weighted by Gasteiger charge is -2.32. The zero-order valence-corrected chi connectivity index (χ0v) is 14.0. The van der Waals surface area contributed by atoms with Gasteiger partial charge in [-0.2, -0.15) is 0 Å². The Morgan fingerprint density at radius 3 is 2.52 bits per heavy atom. The highest BCUT2D eigenvalue weighted by molar-refractivity contribution is 5.96. The average molecular weight is 315 g/mol. The van der Waals surface area contributed by atoms with Crippen LogP contribution in [0.25, 0.3) is 0 Å². The van der Waals surface area contributed by atoms with E-state index in [0.717, 1.165) is 37.2 Å². The van der Waals surface area contributed by atoms with Crippen LogP contribution in [0.5, 0.6) is 0 Å². The highest BCUT2D eigenvalue weighted by Crippen LogP contribution is 2.26. The van der Waals surface area contributed by atoms with Crippen molar-refractivity contribution < 1.29 is 9.59 Å². The lowest BCUT2D eigenvalue weighted by atomic mass is 9.99. The molecule has 3 amide bonds. The first kappa shape index (κ1) is 15.8. The number of carbonyl (C=O) groups is 2. The van der Waals surface area contributed by atoms with Crippen molar-refractivity contribution in [2.45, 2.75) is 45.6 Å². The third kappa shape index (κ3) is 3.49. The predicted molar refractivity (Wildman–Crippen MR) is 90.4 cm³/mol. The minimum atomic E-state index is -0.119. The molecule has 2 aliphatic rings. The Labute approximate surface area is 137 Å². The molecule has 1 aromatic rings. The van der Waals surface area contributed by atoms with Crippen molar-refractivity contribution in [3.63, 3.8) is 0 Å². The van der Waals surface area contributed by atoms with Gasteiger partial charge in [-0.25, -0.2) is 4.79 Å². The van der Waals surface area contributed by atoms with Gasteiger partial charge < -0.3 is 15.1 Å². The van der Waals surface area contributed by atoms with Crippen LogP contribution in [0.2, 0.25) is 0 Å². The lowest BCUT2D eigenvalue weighted by molar-refractivity contribution is -0.116. The summed E-state index contributed by atoms with van der Waals surface area (Å²) in [5.74, 6) is 0.303. The number of rotatable bonds is 1. The molecule has 1 aromatic carbocycles. The zero-order valence-electron chi connectivity index (χ0n) is 14.0. The predicted octanol–water partition coefficient (Wildman–Crippen LogP) is 3.17. The number of nitrogens with zero attached hydrogens (tertiary/aromatic N) is 2. The quantitative estimate of drug-likeness (QED) is 0.865. The summed E-state index contributed by atoms with van der Waals surface area (Å²) in [5.41, 5.74) is 3.08. The van der Waals surface area contributed by atoms with Crippen LogP contribution >= 0.6 is 0 Å². The molecule has 1 saturated heterocycles. The first-order chi connectivity index (χ1) is 11.0. The summed E-state index contributed by atoms with van der Waals surface area (Å²) in [7, 11) is 0. The molecule has 5 nitrogen and oxygen atoms in total. The van der Waals surface area contributed by atoms with Crippen LogP contribution in [0.4, 0.5) is 10.5 Å². The Morgan fingerprint density at radius 1 is 1.09 bits per heavy atom. The molecule has 0 aromatic heterocycles. The molecule has 0 spiro atoms. The molecular weight excluding hydrogens is 290 g/mol. The topological polar surface area (TPSA) is 52.7 Å². The molecule has 0 bridgehead atoms. The van der Waals surface area contributed by atoms with E-state index in [1.165, 1.54) is 12.0 Å². The minimum Gasteiger partial charge on any atom is -0.325 e. The van der Waals surface area contributed by atoms with Crippen LogP contribution in [0, 0.1) is 0 Å². The summed E-state index contributed by atoms with van der Waals surface area (Å²) >= 11 is 0. The van der Waals surface area contributed by atoms with Gasteiger partial charge in [-0.05, 0) is 42.4 Å². The van der Waals surface area contributed by atoms with E-state index in [9.17, 15) is 9.59 Å². The summed E-state index contributed by atoms with van der Waals surface area (Å²) in [4.78, 5) is 28.5. The van der Waals surface area contributed by atoms with Gasteiger partial charge >= 0.3 is 6.03 Å². The van der Waals surface area contributed by atoms with Crippen molar-refractivity contribution in [3.8, 4) is 0 Å². The van der Waals surface area contributed by atoms with E-state index in [1.807, 2.05) is 17.0 Å². The van der Waals surface area contributed by atoms with Crippen molar-refractivity contribution in [1.29, 1.82) is 0 Å². The van der Waals surface area contributed by atoms with Crippen LogP contribution in [-0.4, -0.2) is 41.4 Å². The molecule has 0 aliphatic carbocycles. The third-order valence-electron chi connectivity index (χ3n) is 4.66. The van der Waals surface area contributed by atoms with Crippen LogP contribution in [0.3, 0.4) is 0 Å². The lowest BCUT2D eigenvalue weighted by Crippen LogP contribution is -2.46. The van der Waals surface area contributed by atoms with Gasteiger partial charge in [0.15, 0.2) is 0 Å². The molecular formula is C18H25N3O2. The van der Waals surface area contributed by atoms with E-state index in [2.05, 4.69) is 25.2 Å². The Hall–Kier alpha value is -2.04. The van der Waals surface area contributed by atoms with E-state index < -0.39 is 0 Å². The molecule has 2 heterocycles. The third-order valence-corrected chi connectivity index (χ3v) is 4.66. The average Bonchev–Trinajstić information content (AvgIpc) is 2.72. The van der Waals surface area contributed by atoms with Crippen LogP contribution < -0.4 is 5.32 Å². The zero-order chi connectivity index (χ0) is 16.4. The standard InChI is InChI=1S/C18H25N3O2/c1-13(2)14-6-7-16-15(10-14)11-21(12-17(22)19-16)18(23)20-8-4-3-5-9-20/h6-7,10,13H,3-5,8-9,11-12H2,1-2H3,(H,19,22). The summed E-state index contributed by atoms with van der Waals surface area (Å²) in [6.07, 6.45) is 3.30. The Morgan fingerprint density at radius 2 is 1.83 bits per heavy atom. The fourth-order valence-corrected chi connectivity index (χ4v) is 3.27. The summed E-state index contributed by atoms with van der Waals surface area (Å²) < 4.78 is 0. The molecule has 2 aliphatic heterocycles. The SMILES string of the molecule is CC(C)c1ccc2c(c1)CN(C(=O)N1CCCCC1)CC(=O)N2. The maximum Gasteiger partial charge on any atom is 0.320 e. The highest BCUT2D eigenvalue weighted by atomic mass is 16.2. The van der Waals surface area contributed by atoms with Gasteiger partial charge in [0.2, 0.25) is 5.91 Å². The second-order valence-electron chi connectivity index (χ2n) is 6.81. The Kier molecular flexibility index (Phi) is 4.55. The number of fused-ring (bicyclic) bond motifs is 1. The van der Waals surface area contributed by atoms with Gasteiger partial charge in [0.05, 0.1) is 6.54 Å². The number of benzene rings is 1. The molecule has 0 radical (unpaired) electrons. The van der Waals surface area contributed by atoms with Gasteiger partial charge in [-0.15, -0.1) is 0 Å². The Balaban J connectivity index is 1.84. The van der Waals surface area contributed by atoms with Crippen molar-refractivity contribution in [2.24, 2.45) is 0 Å². The maximum absolute atomic E-state index is 12.8.